The monoisotopic (exact) mass is 330 g/mol. The van der Waals surface area contributed by atoms with Crippen molar-refractivity contribution in [3.63, 3.8) is 0 Å². The number of thioether (sulfide) groups is 1. The number of para-hydroxylation sites is 1. The first kappa shape index (κ1) is 16.1. The minimum Gasteiger partial charge on any atom is -0.325 e. The molecule has 0 saturated heterocycles. The zero-order chi connectivity index (χ0) is 16.4. The van der Waals surface area contributed by atoms with E-state index in [1.54, 1.807) is 0 Å². The fourth-order valence-corrected chi connectivity index (χ4v) is 3.34. The molecule has 3 rings (SSSR count). The molecular formula is C17H22N4OS. The van der Waals surface area contributed by atoms with Crippen molar-refractivity contribution >= 4 is 23.4 Å². The molecule has 1 heterocycles. The second-order valence-electron chi connectivity index (χ2n) is 6.21. The molecule has 0 aliphatic heterocycles. The maximum Gasteiger partial charge on any atom is 0.237 e. The van der Waals surface area contributed by atoms with Crippen LogP contribution in [0, 0.1) is 0 Å². The summed E-state index contributed by atoms with van der Waals surface area (Å²) in [6.07, 6.45) is 2.35. The van der Waals surface area contributed by atoms with Crippen LogP contribution < -0.4 is 5.32 Å². The summed E-state index contributed by atoms with van der Waals surface area (Å²) in [5, 5.41) is 12.2. The number of hydrogen-bond acceptors (Lipinski definition) is 4. The lowest BCUT2D eigenvalue weighted by Gasteiger charge is -2.14. The van der Waals surface area contributed by atoms with Crippen LogP contribution in [0.3, 0.4) is 0 Å². The molecule has 1 aliphatic rings. The van der Waals surface area contributed by atoms with E-state index < -0.39 is 0 Å². The summed E-state index contributed by atoms with van der Waals surface area (Å²) in [6.45, 7) is 6.16. The molecule has 1 aromatic carbocycles. The van der Waals surface area contributed by atoms with Crippen LogP contribution in [-0.2, 0) is 4.79 Å². The molecule has 0 radical (unpaired) electrons. The SMILES string of the molecule is CC(Sc1nnc(C(C)C)n1C1CC1)C(=O)Nc1ccccc1. The Balaban J connectivity index is 1.70. The Bertz CT molecular complexity index is 679. The lowest BCUT2D eigenvalue weighted by atomic mass is 10.2. The maximum atomic E-state index is 12.4. The summed E-state index contributed by atoms with van der Waals surface area (Å²) < 4.78 is 2.22. The van der Waals surface area contributed by atoms with E-state index in [1.807, 2.05) is 37.3 Å². The van der Waals surface area contributed by atoms with Crippen LogP contribution in [0.15, 0.2) is 35.5 Å². The van der Waals surface area contributed by atoms with Crippen LogP contribution in [0.4, 0.5) is 5.69 Å². The highest BCUT2D eigenvalue weighted by atomic mass is 32.2. The molecule has 1 atom stereocenters. The van der Waals surface area contributed by atoms with Crippen LogP contribution in [0.25, 0.3) is 0 Å². The zero-order valence-electron chi connectivity index (χ0n) is 13.7. The molecule has 1 saturated carbocycles. The quantitative estimate of drug-likeness (QED) is 0.817. The number of rotatable bonds is 6. The minimum atomic E-state index is -0.225. The molecule has 1 fully saturated rings. The van der Waals surface area contributed by atoms with Gasteiger partial charge in [0.15, 0.2) is 5.16 Å². The van der Waals surface area contributed by atoms with Gasteiger partial charge in [0.2, 0.25) is 5.91 Å². The number of aromatic nitrogens is 3. The van der Waals surface area contributed by atoms with Gasteiger partial charge in [0, 0.05) is 17.6 Å². The predicted octanol–water partition coefficient (Wildman–Crippen LogP) is 3.86. The molecule has 1 unspecified atom stereocenters. The molecule has 122 valence electrons. The number of anilines is 1. The summed E-state index contributed by atoms with van der Waals surface area (Å²) in [4.78, 5) is 12.4. The first-order chi connectivity index (χ1) is 11.1. The van der Waals surface area contributed by atoms with Gasteiger partial charge in [-0.15, -0.1) is 10.2 Å². The van der Waals surface area contributed by atoms with E-state index in [1.165, 1.54) is 24.6 Å². The Hall–Kier alpha value is -1.82. The Morgan fingerprint density at radius 3 is 2.52 bits per heavy atom. The molecular weight excluding hydrogens is 308 g/mol. The van der Waals surface area contributed by atoms with Gasteiger partial charge in [0.25, 0.3) is 0 Å². The summed E-state index contributed by atoms with van der Waals surface area (Å²) in [6, 6.07) is 10.0. The first-order valence-corrected chi connectivity index (χ1v) is 8.91. The Kier molecular flexibility index (Phi) is 4.71. The van der Waals surface area contributed by atoms with Gasteiger partial charge in [-0.2, -0.15) is 0 Å². The van der Waals surface area contributed by atoms with Crippen molar-refractivity contribution in [3.8, 4) is 0 Å². The van der Waals surface area contributed by atoms with Gasteiger partial charge in [-0.25, -0.2) is 0 Å². The summed E-state index contributed by atoms with van der Waals surface area (Å²) >= 11 is 1.48. The minimum absolute atomic E-state index is 0.0161. The van der Waals surface area contributed by atoms with Crippen molar-refractivity contribution in [2.24, 2.45) is 0 Å². The number of hydrogen-bond donors (Lipinski definition) is 1. The van der Waals surface area contributed by atoms with E-state index >= 15 is 0 Å². The molecule has 6 heteroatoms. The molecule has 0 bridgehead atoms. The Morgan fingerprint density at radius 1 is 1.22 bits per heavy atom. The standard InChI is InChI=1S/C17H22N4OS/c1-11(2)15-19-20-17(21(15)14-9-10-14)23-12(3)16(22)18-13-7-5-4-6-8-13/h4-8,11-12,14H,9-10H2,1-3H3,(H,18,22). The first-order valence-electron chi connectivity index (χ1n) is 8.03. The lowest BCUT2D eigenvalue weighted by molar-refractivity contribution is -0.115. The number of nitrogens with zero attached hydrogens (tertiary/aromatic N) is 3. The van der Waals surface area contributed by atoms with Crippen LogP contribution in [0.1, 0.15) is 51.4 Å². The average Bonchev–Trinajstić information content (AvgIpc) is 3.28. The molecule has 1 amide bonds. The number of amides is 1. The normalized spacial score (nSPS) is 15.7. The number of carbonyl (C=O) groups is 1. The zero-order valence-corrected chi connectivity index (χ0v) is 14.5. The third-order valence-electron chi connectivity index (χ3n) is 3.81. The van der Waals surface area contributed by atoms with Crippen LogP contribution in [-0.4, -0.2) is 25.9 Å². The summed E-state index contributed by atoms with van der Waals surface area (Å²) in [5.41, 5.74) is 0.816. The maximum absolute atomic E-state index is 12.4. The second-order valence-corrected chi connectivity index (χ2v) is 7.52. The van der Waals surface area contributed by atoms with Crippen molar-refractivity contribution in [1.82, 2.24) is 14.8 Å². The molecule has 1 N–H and O–H groups in total. The van der Waals surface area contributed by atoms with Crippen molar-refractivity contribution in [3.05, 3.63) is 36.2 Å². The van der Waals surface area contributed by atoms with Gasteiger partial charge >= 0.3 is 0 Å². The third-order valence-corrected chi connectivity index (χ3v) is 4.87. The third kappa shape index (κ3) is 3.75. The van der Waals surface area contributed by atoms with Gasteiger partial charge in [0.1, 0.15) is 5.82 Å². The topological polar surface area (TPSA) is 59.8 Å². The van der Waals surface area contributed by atoms with E-state index in [2.05, 4.69) is 33.9 Å². The van der Waals surface area contributed by atoms with E-state index in [-0.39, 0.29) is 11.2 Å². The molecule has 0 spiro atoms. The van der Waals surface area contributed by atoms with Crippen LogP contribution in [0.5, 0.6) is 0 Å². The number of nitrogens with one attached hydrogen (secondary N) is 1. The Labute approximate surface area is 140 Å². The summed E-state index contributed by atoms with van der Waals surface area (Å²) in [5.74, 6) is 1.34. The largest absolute Gasteiger partial charge is 0.325 e. The fourth-order valence-electron chi connectivity index (χ4n) is 2.42. The lowest BCUT2D eigenvalue weighted by Crippen LogP contribution is -2.23. The number of carbonyl (C=O) groups excluding carboxylic acids is 1. The average molecular weight is 330 g/mol. The van der Waals surface area contributed by atoms with Gasteiger partial charge in [-0.1, -0.05) is 43.8 Å². The van der Waals surface area contributed by atoms with Crippen molar-refractivity contribution < 1.29 is 4.79 Å². The molecule has 1 aliphatic carbocycles. The van der Waals surface area contributed by atoms with Crippen LogP contribution in [0.2, 0.25) is 0 Å². The van der Waals surface area contributed by atoms with Crippen molar-refractivity contribution in [2.45, 2.75) is 56.0 Å². The Morgan fingerprint density at radius 2 is 1.91 bits per heavy atom. The molecule has 5 nitrogen and oxygen atoms in total. The van der Waals surface area contributed by atoms with E-state index in [0.29, 0.717) is 12.0 Å². The van der Waals surface area contributed by atoms with Crippen molar-refractivity contribution in [2.75, 3.05) is 5.32 Å². The van der Waals surface area contributed by atoms with E-state index in [0.717, 1.165) is 16.7 Å². The highest BCUT2D eigenvalue weighted by Gasteiger charge is 2.31. The van der Waals surface area contributed by atoms with Gasteiger partial charge in [-0.05, 0) is 31.9 Å². The molecule has 2 aromatic rings. The van der Waals surface area contributed by atoms with E-state index in [4.69, 9.17) is 0 Å². The molecule has 23 heavy (non-hydrogen) atoms. The van der Waals surface area contributed by atoms with Gasteiger partial charge < -0.3 is 9.88 Å². The second kappa shape index (κ2) is 6.74. The van der Waals surface area contributed by atoms with Gasteiger partial charge in [-0.3, -0.25) is 4.79 Å². The fraction of sp³-hybridized carbons (Fsp3) is 0.471. The summed E-state index contributed by atoms with van der Waals surface area (Å²) in [7, 11) is 0. The number of benzene rings is 1. The highest BCUT2D eigenvalue weighted by molar-refractivity contribution is 8.00. The predicted molar refractivity (Wildman–Crippen MR) is 92.8 cm³/mol. The van der Waals surface area contributed by atoms with Crippen molar-refractivity contribution in [1.29, 1.82) is 0 Å². The highest BCUT2D eigenvalue weighted by Crippen LogP contribution is 2.40. The van der Waals surface area contributed by atoms with Gasteiger partial charge in [0.05, 0.1) is 5.25 Å². The molecule has 1 aromatic heterocycles. The van der Waals surface area contributed by atoms with Crippen LogP contribution >= 0.6 is 11.8 Å². The van der Waals surface area contributed by atoms with E-state index in [9.17, 15) is 4.79 Å². The smallest absolute Gasteiger partial charge is 0.237 e.